The Morgan fingerprint density at radius 2 is 2.53 bits per heavy atom. The van der Waals surface area contributed by atoms with E-state index in [9.17, 15) is 0 Å². The fourth-order valence-corrected chi connectivity index (χ4v) is 2.24. The number of nitrogens with zero attached hydrogens (tertiary/aromatic N) is 3. The van der Waals surface area contributed by atoms with Gasteiger partial charge in [-0.15, -0.1) is 0 Å². The highest BCUT2D eigenvalue weighted by molar-refractivity contribution is 5.15. The Labute approximate surface area is 90.4 Å². The third-order valence-corrected chi connectivity index (χ3v) is 2.94. The summed E-state index contributed by atoms with van der Waals surface area (Å²) in [4.78, 5) is 6.54. The highest BCUT2D eigenvalue weighted by Crippen LogP contribution is 2.30. The molecule has 0 unspecified atom stereocenters. The lowest BCUT2D eigenvalue weighted by molar-refractivity contribution is 0.263. The van der Waals surface area contributed by atoms with Gasteiger partial charge in [-0.2, -0.15) is 5.26 Å². The second-order valence-corrected chi connectivity index (χ2v) is 3.89. The minimum atomic E-state index is 0.479. The first-order valence-electron chi connectivity index (χ1n) is 5.43. The smallest absolute Gasteiger partial charge is 0.0635 e. The molecule has 0 aliphatic carbocycles. The first-order valence-corrected chi connectivity index (χ1v) is 5.43. The predicted octanol–water partition coefficient (Wildman–Crippen LogP) is 2.13. The van der Waals surface area contributed by atoms with Gasteiger partial charge in [-0.3, -0.25) is 9.88 Å². The molecule has 1 aliphatic heterocycles. The first kappa shape index (κ1) is 10.1. The van der Waals surface area contributed by atoms with E-state index < -0.39 is 0 Å². The van der Waals surface area contributed by atoms with E-state index in [0.717, 1.165) is 13.1 Å². The summed E-state index contributed by atoms with van der Waals surface area (Å²) in [6.45, 7) is 2.00. The third-order valence-electron chi connectivity index (χ3n) is 2.94. The Balaban J connectivity index is 2.05. The van der Waals surface area contributed by atoms with Crippen LogP contribution in [-0.2, 0) is 0 Å². The Kier molecular flexibility index (Phi) is 3.31. The SMILES string of the molecule is N#CCCN1CCC[C@H]1c1cccnc1. The summed E-state index contributed by atoms with van der Waals surface area (Å²) in [5.41, 5.74) is 1.29. The molecule has 0 N–H and O–H groups in total. The molecule has 2 heterocycles. The van der Waals surface area contributed by atoms with Crippen LogP contribution in [0.15, 0.2) is 24.5 Å². The van der Waals surface area contributed by atoms with Crippen LogP contribution in [0.25, 0.3) is 0 Å². The van der Waals surface area contributed by atoms with E-state index in [1.807, 2.05) is 12.3 Å². The van der Waals surface area contributed by atoms with Crippen molar-refractivity contribution in [1.29, 1.82) is 5.26 Å². The summed E-state index contributed by atoms with van der Waals surface area (Å²) in [6.07, 6.45) is 6.78. The van der Waals surface area contributed by atoms with Gasteiger partial charge in [0, 0.05) is 31.4 Å². The van der Waals surface area contributed by atoms with Crippen LogP contribution >= 0.6 is 0 Å². The quantitative estimate of drug-likeness (QED) is 0.752. The summed E-state index contributed by atoms with van der Waals surface area (Å²) in [5.74, 6) is 0. The largest absolute Gasteiger partial charge is 0.295 e. The van der Waals surface area contributed by atoms with Crippen molar-refractivity contribution in [2.24, 2.45) is 0 Å². The maximum Gasteiger partial charge on any atom is 0.0635 e. The van der Waals surface area contributed by atoms with Crippen LogP contribution in [-0.4, -0.2) is 23.0 Å². The third kappa shape index (κ3) is 2.34. The minimum absolute atomic E-state index is 0.479. The highest BCUT2D eigenvalue weighted by atomic mass is 15.2. The number of pyridine rings is 1. The molecule has 1 fully saturated rings. The Bertz CT molecular complexity index is 342. The molecule has 0 spiro atoms. The van der Waals surface area contributed by atoms with Gasteiger partial charge in [-0.1, -0.05) is 6.07 Å². The van der Waals surface area contributed by atoms with Crippen molar-refractivity contribution in [1.82, 2.24) is 9.88 Å². The molecular weight excluding hydrogens is 186 g/mol. The normalized spacial score (nSPS) is 21.4. The van der Waals surface area contributed by atoms with Crippen LogP contribution in [0.3, 0.4) is 0 Å². The van der Waals surface area contributed by atoms with Gasteiger partial charge in [0.05, 0.1) is 6.07 Å². The van der Waals surface area contributed by atoms with Gasteiger partial charge in [0.15, 0.2) is 0 Å². The van der Waals surface area contributed by atoms with Crippen molar-refractivity contribution in [3.05, 3.63) is 30.1 Å². The molecule has 1 aromatic rings. The molecule has 15 heavy (non-hydrogen) atoms. The summed E-state index contributed by atoms with van der Waals surface area (Å²) < 4.78 is 0. The van der Waals surface area contributed by atoms with Crippen LogP contribution in [0.4, 0.5) is 0 Å². The summed E-state index contributed by atoms with van der Waals surface area (Å²) in [5, 5.41) is 8.59. The molecule has 0 radical (unpaired) electrons. The topological polar surface area (TPSA) is 39.9 Å². The number of rotatable bonds is 3. The second-order valence-electron chi connectivity index (χ2n) is 3.89. The molecule has 1 saturated heterocycles. The van der Waals surface area contributed by atoms with E-state index in [1.54, 1.807) is 6.20 Å². The molecule has 2 rings (SSSR count). The molecule has 1 aromatic heterocycles. The van der Waals surface area contributed by atoms with Gasteiger partial charge in [0.2, 0.25) is 0 Å². The van der Waals surface area contributed by atoms with Gasteiger partial charge in [-0.25, -0.2) is 0 Å². The summed E-state index contributed by atoms with van der Waals surface area (Å²) in [7, 11) is 0. The van der Waals surface area contributed by atoms with Gasteiger partial charge < -0.3 is 0 Å². The lowest BCUT2D eigenvalue weighted by Gasteiger charge is -2.23. The zero-order valence-corrected chi connectivity index (χ0v) is 8.76. The Hall–Kier alpha value is -1.40. The molecule has 3 nitrogen and oxygen atoms in total. The van der Waals surface area contributed by atoms with Crippen LogP contribution in [0, 0.1) is 11.3 Å². The van der Waals surface area contributed by atoms with Crippen molar-refractivity contribution >= 4 is 0 Å². The van der Waals surface area contributed by atoms with Gasteiger partial charge in [0.25, 0.3) is 0 Å². The zero-order chi connectivity index (χ0) is 10.5. The maximum absolute atomic E-state index is 8.59. The Morgan fingerprint density at radius 3 is 3.27 bits per heavy atom. The zero-order valence-electron chi connectivity index (χ0n) is 8.76. The second kappa shape index (κ2) is 4.90. The first-order chi connectivity index (χ1) is 7.42. The molecule has 3 heteroatoms. The average molecular weight is 201 g/mol. The van der Waals surface area contributed by atoms with Crippen LogP contribution in [0.5, 0.6) is 0 Å². The molecule has 1 atom stereocenters. The fraction of sp³-hybridized carbons (Fsp3) is 0.500. The standard InChI is InChI=1S/C12H15N3/c13-6-3-9-15-8-2-5-12(15)11-4-1-7-14-10-11/h1,4,7,10,12H,2-3,5,8-9H2/t12-/m0/s1. The molecule has 78 valence electrons. The van der Waals surface area contributed by atoms with E-state index >= 15 is 0 Å². The van der Waals surface area contributed by atoms with Crippen molar-refractivity contribution in [3.63, 3.8) is 0 Å². The van der Waals surface area contributed by atoms with Crippen molar-refractivity contribution < 1.29 is 0 Å². The number of nitriles is 1. The van der Waals surface area contributed by atoms with E-state index in [2.05, 4.69) is 22.0 Å². The lowest BCUT2D eigenvalue weighted by atomic mass is 10.1. The van der Waals surface area contributed by atoms with E-state index in [4.69, 9.17) is 5.26 Å². The molecule has 1 aliphatic rings. The lowest BCUT2D eigenvalue weighted by Crippen LogP contribution is -2.24. The summed E-state index contributed by atoms with van der Waals surface area (Å²) in [6, 6.07) is 6.80. The Morgan fingerprint density at radius 1 is 1.60 bits per heavy atom. The molecule has 0 bridgehead atoms. The van der Waals surface area contributed by atoms with E-state index in [-0.39, 0.29) is 0 Å². The molecule has 0 aromatic carbocycles. The van der Waals surface area contributed by atoms with E-state index in [1.165, 1.54) is 18.4 Å². The number of hydrogen-bond acceptors (Lipinski definition) is 3. The fourth-order valence-electron chi connectivity index (χ4n) is 2.24. The van der Waals surface area contributed by atoms with Gasteiger partial charge >= 0.3 is 0 Å². The van der Waals surface area contributed by atoms with Crippen molar-refractivity contribution in [3.8, 4) is 6.07 Å². The number of aromatic nitrogens is 1. The van der Waals surface area contributed by atoms with Crippen LogP contribution in [0.2, 0.25) is 0 Å². The highest BCUT2D eigenvalue weighted by Gasteiger charge is 2.25. The monoisotopic (exact) mass is 201 g/mol. The molecular formula is C12H15N3. The number of hydrogen-bond donors (Lipinski definition) is 0. The molecule has 0 amide bonds. The minimum Gasteiger partial charge on any atom is -0.295 e. The van der Waals surface area contributed by atoms with Crippen LogP contribution in [0.1, 0.15) is 30.9 Å². The summed E-state index contributed by atoms with van der Waals surface area (Å²) >= 11 is 0. The predicted molar refractivity (Wildman–Crippen MR) is 58.0 cm³/mol. The van der Waals surface area contributed by atoms with Crippen molar-refractivity contribution in [2.45, 2.75) is 25.3 Å². The van der Waals surface area contributed by atoms with E-state index in [0.29, 0.717) is 12.5 Å². The average Bonchev–Trinajstić information content (AvgIpc) is 2.75. The van der Waals surface area contributed by atoms with Gasteiger partial charge in [-0.05, 0) is 31.0 Å². The van der Waals surface area contributed by atoms with Crippen molar-refractivity contribution in [2.75, 3.05) is 13.1 Å². The molecule has 0 saturated carbocycles. The number of likely N-dealkylation sites (tertiary alicyclic amines) is 1. The van der Waals surface area contributed by atoms with Gasteiger partial charge in [0.1, 0.15) is 0 Å². The maximum atomic E-state index is 8.59. The van der Waals surface area contributed by atoms with Crippen LogP contribution < -0.4 is 0 Å².